The highest BCUT2D eigenvalue weighted by atomic mass is 19.4. The molecule has 1 heterocycles. The first-order valence-corrected chi connectivity index (χ1v) is 19.2. The monoisotopic (exact) mass is 835 g/mol. The van der Waals surface area contributed by atoms with Crippen LogP contribution in [0.15, 0.2) is 60.7 Å². The SMILES string of the molecule is CC(=O)NCCCC[C@@H](NC(=O)[C@@H](CC(C)C)NC(=O)[C@@H](Cc1ccccc1)NC(=O)[C@H](N)Cc1ccccc1)C(=O)N1CCC(N)(C(=O)O)CC1.O=C(O)C(F)(F)F. The average molecular weight is 836 g/mol. The second-order valence-electron chi connectivity index (χ2n) is 14.9. The number of piperidine rings is 1. The van der Waals surface area contributed by atoms with Crippen LogP contribution in [0.25, 0.3) is 0 Å². The second-order valence-corrected chi connectivity index (χ2v) is 14.9. The Balaban J connectivity index is 0.00000157. The Morgan fingerprint density at radius 1 is 0.763 bits per heavy atom. The highest BCUT2D eigenvalue weighted by Crippen LogP contribution is 2.22. The first-order chi connectivity index (χ1) is 27.6. The minimum atomic E-state index is -5.08. The van der Waals surface area contributed by atoms with Crippen LogP contribution >= 0.6 is 0 Å². The van der Waals surface area contributed by atoms with Gasteiger partial charge in [0.1, 0.15) is 23.7 Å². The van der Waals surface area contributed by atoms with Gasteiger partial charge in [0.05, 0.1) is 6.04 Å². The van der Waals surface area contributed by atoms with E-state index in [0.717, 1.165) is 11.1 Å². The molecule has 0 bridgehead atoms. The van der Waals surface area contributed by atoms with Gasteiger partial charge in [-0.2, -0.15) is 13.2 Å². The molecule has 0 radical (unpaired) electrons. The number of benzene rings is 2. The number of rotatable bonds is 19. The lowest BCUT2D eigenvalue weighted by atomic mass is 9.88. The fourth-order valence-electron chi connectivity index (χ4n) is 6.10. The zero-order valence-electron chi connectivity index (χ0n) is 33.4. The van der Waals surface area contributed by atoms with E-state index in [4.69, 9.17) is 21.4 Å². The van der Waals surface area contributed by atoms with Crippen molar-refractivity contribution in [2.75, 3.05) is 19.6 Å². The number of nitrogens with zero attached hydrogens (tertiary/aromatic N) is 1. The Kier molecular flexibility index (Phi) is 20.0. The molecular weight excluding hydrogens is 779 g/mol. The number of amides is 5. The molecule has 3 rings (SSSR count). The fourth-order valence-corrected chi connectivity index (χ4v) is 6.10. The summed E-state index contributed by atoms with van der Waals surface area (Å²) in [6.45, 7) is 5.84. The van der Waals surface area contributed by atoms with Gasteiger partial charge in [0.15, 0.2) is 0 Å². The molecular formula is C40H56F3N7O9. The lowest BCUT2D eigenvalue weighted by Gasteiger charge is -2.38. The number of nitrogens with one attached hydrogen (secondary N) is 4. The van der Waals surface area contributed by atoms with E-state index in [1.54, 1.807) is 0 Å². The van der Waals surface area contributed by atoms with E-state index in [0.29, 0.717) is 19.4 Å². The molecule has 59 heavy (non-hydrogen) atoms. The van der Waals surface area contributed by atoms with Gasteiger partial charge in [-0.3, -0.25) is 28.8 Å². The molecule has 1 aliphatic heterocycles. The van der Waals surface area contributed by atoms with Crippen LogP contribution < -0.4 is 32.7 Å². The molecule has 4 atom stereocenters. The number of carbonyl (C=O) groups is 7. The van der Waals surface area contributed by atoms with Crippen molar-refractivity contribution in [3.63, 3.8) is 0 Å². The zero-order chi connectivity index (χ0) is 44.3. The number of carboxylic acid groups (broad SMARTS) is 2. The number of carboxylic acids is 2. The highest BCUT2D eigenvalue weighted by molar-refractivity contribution is 5.95. The van der Waals surface area contributed by atoms with Gasteiger partial charge in [0.25, 0.3) is 0 Å². The average Bonchev–Trinajstić information content (AvgIpc) is 3.17. The van der Waals surface area contributed by atoms with E-state index in [9.17, 15) is 47.0 Å². The molecule has 2 aromatic rings. The summed E-state index contributed by atoms with van der Waals surface area (Å²) < 4.78 is 31.7. The molecule has 1 aliphatic rings. The summed E-state index contributed by atoms with van der Waals surface area (Å²) in [6, 6.07) is 14.5. The molecule has 0 aliphatic carbocycles. The maximum atomic E-state index is 13.9. The maximum Gasteiger partial charge on any atom is 0.490 e. The van der Waals surface area contributed by atoms with E-state index in [2.05, 4.69) is 21.3 Å². The first kappa shape index (κ1) is 49.6. The van der Waals surface area contributed by atoms with Crippen LogP contribution in [0.4, 0.5) is 13.2 Å². The summed E-state index contributed by atoms with van der Waals surface area (Å²) in [5, 5.41) is 27.9. The molecule has 10 N–H and O–H groups in total. The van der Waals surface area contributed by atoms with Gasteiger partial charge in [-0.25, -0.2) is 4.79 Å². The van der Waals surface area contributed by atoms with Crippen LogP contribution in [0.5, 0.6) is 0 Å². The lowest BCUT2D eigenvalue weighted by molar-refractivity contribution is -0.192. The van der Waals surface area contributed by atoms with Gasteiger partial charge in [-0.15, -0.1) is 0 Å². The standard InChI is InChI=1S/C38H55N7O7.C2HF3O2/c1-25(2)22-31(34(48)42-30(16-10-11-19-41-26(3)46)36(50)45-20-17-38(40,18-21-45)37(51)52)44-35(49)32(24-28-14-8-5-9-15-28)43-33(47)29(39)23-27-12-6-4-7-13-27;3-2(4,5)1(6)7/h4-9,12-15,25,29-32H,10-11,16-24,39-40H2,1-3H3,(H,41,46)(H,42,48)(H,43,47)(H,44,49)(H,51,52);(H,6,7)/t29-,30-,31-,32-;/m1./s1. The van der Waals surface area contributed by atoms with Crippen LogP contribution in [0, 0.1) is 5.92 Å². The van der Waals surface area contributed by atoms with Crippen LogP contribution in [0.1, 0.15) is 70.4 Å². The molecule has 0 spiro atoms. The summed E-state index contributed by atoms with van der Waals surface area (Å²) in [4.78, 5) is 88.3. The molecule has 326 valence electrons. The van der Waals surface area contributed by atoms with Crippen molar-refractivity contribution in [1.82, 2.24) is 26.2 Å². The third kappa shape index (κ3) is 17.9. The predicted octanol–water partition coefficient (Wildman–Crippen LogP) is 1.64. The molecule has 1 saturated heterocycles. The number of aliphatic carboxylic acids is 2. The number of unbranched alkanes of at least 4 members (excludes halogenated alkanes) is 1. The van der Waals surface area contributed by atoms with Crippen LogP contribution in [-0.4, -0.2) is 112 Å². The summed E-state index contributed by atoms with van der Waals surface area (Å²) in [5.74, 6) is -6.12. The van der Waals surface area contributed by atoms with Crippen molar-refractivity contribution in [3.05, 3.63) is 71.8 Å². The fraction of sp³-hybridized carbons (Fsp3) is 0.525. The van der Waals surface area contributed by atoms with E-state index >= 15 is 0 Å². The number of nitrogens with two attached hydrogens (primary N) is 2. The van der Waals surface area contributed by atoms with Crippen molar-refractivity contribution >= 4 is 41.5 Å². The quantitative estimate of drug-likeness (QED) is 0.0944. The third-order valence-corrected chi connectivity index (χ3v) is 9.43. The number of carbonyl (C=O) groups excluding carboxylic acids is 5. The van der Waals surface area contributed by atoms with Gasteiger partial charge in [0.2, 0.25) is 29.5 Å². The number of alkyl halides is 3. The summed E-state index contributed by atoms with van der Waals surface area (Å²) in [6.07, 6.45) is -2.99. The largest absolute Gasteiger partial charge is 0.490 e. The molecule has 0 saturated carbocycles. The predicted molar refractivity (Wildman–Crippen MR) is 210 cm³/mol. The van der Waals surface area contributed by atoms with Gasteiger partial charge in [-0.1, -0.05) is 74.5 Å². The minimum absolute atomic E-state index is 0.0277. The molecule has 1 fully saturated rings. The minimum Gasteiger partial charge on any atom is -0.480 e. The van der Waals surface area contributed by atoms with E-state index in [1.807, 2.05) is 74.5 Å². The third-order valence-electron chi connectivity index (χ3n) is 9.43. The molecule has 5 amide bonds. The number of hydrogen-bond acceptors (Lipinski definition) is 9. The molecule has 19 heteroatoms. The van der Waals surface area contributed by atoms with Crippen LogP contribution in [-0.2, 0) is 46.4 Å². The number of halogens is 3. The highest BCUT2D eigenvalue weighted by Gasteiger charge is 2.41. The van der Waals surface area contributed by atoms with Gasteiger partial charge >= 0.3 is 18.1 Å². The summed E-state index contributed by atoms with van der Waals surface area (Å²) in [5.41, 5.74) is 12.5. The van der Waals surface area contributed by atoms with Crippen molar-refractivity contribution in [2.45, 2.75) is 108 Å². The first-order valence-electron chi connectivity index (χ1n) is 19.2. The van der Waals surface area contributed by atoms with Crippen LogP contribution in [0.2, 0.25) is 0 Å². The lowest BCUT2D eigenvalue weighted by Crippen LogP contribution is -2.60. The van der Waals surface area contributed by atoms with Crippen molar-refractivity contribution in [2.24, 2.45) is 17.4 Å². The van der Waals surface area contributed by atoms with Gasteiger partial charge in [0, 0.05) is 33.0 Å². The van der Waals surface area contributed by atoms with E-state index in [1.165, 1.54) is 11.8 Å². The molecule has 0 aromatic heterocycles. The smallest absolute Gasteiger partial charge is 0.480 e. The number of likely N-dealkylation sites (tertiary alicyclic amines) is 1. The molecule has 2 aromatic carbocycles. The Bertz CT molecular complexity index is 1710. The Morgan fingerprint density at radius 2 is 1.24 bits per heavy atom. The van der Waals surface area contributed by atoms with Crippen LogP contribution in [0.3, 0.4) is 0 Å². The van der Waals surface area contributed by atoms with Gasteiger partial charge < -0.3 is 47.8 Å². The summed E-state index contributed by atoms with van der Waals surface area (Å²) >= 11 is 0. The number of hydrogen-bond donors (Lipinski definition) is 8. The Morgan fingerprint density at radius 3 is 1.71 bits per heavy atom. The maximum absolute atomic E-state index is 13.9. The molecule has 16 nitrogen and oxygen atoms in total. The second kappa shape index (κ2) is 23.7. The normalized spacial score (nSPS) is 15.6. The van der Waals surface area contributed by atoms with E-state index in [-0.39, 0.29) is 69.3 Å². The Hall–Kier alpha value is -5.56. The van der Waals surface area contributed by atoms with E-state index < -0.39 is 65.5 Å². The zero-order valence-corrected chi connectivity index (χ0v) is 33.4. The summed E-state index contributed by atoms with van der Waals surface area (Å²) in [7, 11) is 0. The topological polar surface area (TPSA) is 263 Å². The molecule has 0 unspecified atom stereocenters. The van der Waals surface area contributed by atoms with Gasteiger partial charge in [-0.05, 0) is 62.0 Å². The Labute approximate surface area is 341 Å². The van der Waals surface area contributed by atoms with Crippen molar-refractivity contribution < 1.29 is 56.9 Å². The van der Waals surface area contributed by atoms with Crippen molar-refractivity contribution in [1.29, 1.82) is 0 Å². The van der Waals surface area contributed by atoms with Crippen molar-refractivity contribution in [3.8, 4) is 0 Å².